The third-order valence-electron chi connectivity index (χ3n) is 5.60. The standard InChI is InChI=1S/C23H30ClN3O3Si/c1-28-23-21(19(10-11-25-23)30-16-6-5-7-16)18-14-27(15-29-12-13-31(2,3)4)22-17(18)8-9-20(24)26-22/h8-11,14,16H,5-7,12-13,15H2,1-4H3. The largest absolute Gasteiger partial charge is 0.490 e. The average Bonchev–Trinajstić information content (AvgIpc) is 3.04. The van der Waals surface area contributed by atoms with Gasteiger partial charge in [-0.1, -0.05) is 31.2 Å². The van der Waals surface area contributed by atoms with Crippen molar-refractivity contribution in [1.82, 2.24) is 14.5 Å². The van der Waals surface area contributed by atoms with Crippen molar-refractivity contribution in [2.45, 2.75) is 57.8 Å². The van der Waals surface area contributed by atoms with Gasteiger partial charge in [0.2, 0.25) is 5.88 Å². The van der Waals surface area contributed by atoms with E-state index in [1.54, 1.807) is 19.4 Å². The molecule has 1 saturated carbocycles. The molecule has 31 heavy (non-hydrogen) atoms. The van der Waals surface area contributed by atoms with Gasteiger partial charge in [0.15, 0.2) is 0 Å². The molecule has 4 rings (SSSR count). The van der Waals surface area contributed by atoms with E-state index in [-0.39, 0.29) is 6.10 Å². The number of rotatable bonds is 9. The Balaban J connectivity index is 1.72. The average molecular weight is 460 g/mol. The molecule has 0 N–H and O–H groups in total. The van der Waals surface area contributed by atoms with Crippen molar-refractivity contribution in [1.29, 1.82) is 0 Å². The lowest BCUT2D eigenvalue weighted by Crippen LogP contribution is -2.24. The molecule has 1 fully saturated rings. The van der Waals surface area contributed by atoms with E-state index in [1.807, 2.05) is 22.9 Å². The molecule has 0 bridgehead atoms. The van der Waals surface area contributed by atoms with Gasteiger partial charge in [-0.05, 0) is 43.5 Å². The zero-order chi connectivity index (χ0) is 22.0. The molecular formula is C23H30ClN3O3Si. The van der Waals surface area contributed by atoms with Gasteiger partial charge in [-0.3, -0.25) is 0 Å². The Morgan fingerprint density at radius 3 is 2.68 bits per heavy atom. The van der Waals surface area contributed by atoms with Crippen LogP contribution in [0.5, 0.6) is 11.6 Å². The quantitative estimate of drug-likeness (QED) is 0.223. The van der Waals surface area contributed by atoms with E-state index < -0.39 is 8.07 Å². The van der Waals surface area contributed by atoms with Gasteiger partial charge in [0.25, 0.3) is 0 Å². The predicted molar refractivity (Wildman–Crippen MR) is 127 cm³/mol. The van der Waals surface area contributed by atoms with Gasteiger partial charge in [-0.15, -0.1) is 0 Å². The monoisotopic (exact) mass is 459 g/mol. The second kappa shape index (κ2) is 9.18. The molecule has 0 amide bonds. The fraction of sp³-hybridized carbons (Fsp3) is 0.478. The summed E-state index contributed by atoms with van der Waals surface area (Å²) in [5.41, 5.74) is 2.56. The second-order valence-electron chi connectivity index (χ2n) is 9.23. The first-order chi connectivity index (χ1) is 14.9. The van der Waals surface area contributed by atoms with Crippen LogP contribution in [-0.2, 0) is 11.5 Å². The lowest BCUT2D eigenvalue weighted by atomic mass is 9.96. The van der Waals surface area contributed by atoms with Gasteiger partial charge in [0.05, 0.1) is 18.8 Å². The van der Waals surface area contributed by atoms with E-state index in [1.165, 1.54) is 6.42 Å². The highest BCUT2D eigenvalue weighted by Crippen LogP contribution is 2.42. The van der Waals surface area contributed by atoms with Crippen molar-refractivity contribution >= 4 is 30.7 Å². The van der Waals surface area contributed by atoms with Crippen molar-refractivity contribution in [2.75, 3.05) is 13.7 Å². The molecule has 3 aromatic rings. The van der Waals surface area contributed by atoms with E-state index in [4.69, 9.17) is 25.8 Å². The minimum absolute atomic E-state index is 0.247. The highest BCUT2D eigenvalue weighted by molar-refractivity contribution is 6.76. The zero-order valence-electron chi connectivity index (χ0n) is 18.7. The summed E-state index contributed by atoms with van der Waals surface area (Å²) in [4.78, 5) is 9.01. The topological polar surface area (TPSA) is 58.4 Å². The maximum atomic E-state index is 6.29. The summed E-state index contributed by atoms with van der Waals surface area (Å²) in [5.74, 6) is 1.32. The van der Waals surface area contributed by atoms with E-state index in [0.717, 1.165) is 53.4 Å². The molecule has 1 aliphatic rings. The summed E-state index contributed by atoms with van der Waals surface area (Å²) in [7, 11) is 0.480. The molecule has 8 heteroatoms. The lowest BCUT2D eigenvalue weighted by molar-refractivity contribution is 0.0899. The van der Waals surface area contributed by atoms with Gasteiger partial charge in [-0.25, -0.2) is 9.97 Å². The second-order valence-corrected chi connectivity index (χ2v) is 15.2. The molecule has 166 valence electrons. The van der Waals surface area contributed by atoms with Gasteiger partial charge in [0, 0.05) is 38.0 Å². The Kier molecular flexibility index (Phi) is 6.55. The SMILES string of the molecule is COc1nccc(OC2CCC2)c1-c1cn(COCC[Si](C)(C)C)c2nc(Cl)ccc12. The van der Waals surface area contributed by atoms with E-state index in [2.05, 4.69) is 29.6 Å². The molecule has 0 aliphatic heterocycles. The number of halogens is 1. The van der Waals surface area contributed by atoms with Crippen LogP contribution >= 0.6 is 11.6 Å². The normalized spacial score (nSPS) is 14.6. The summed E-state index contributed by atoms with van der Waals surface area (Å²) in [6.45, 7) is 8.19. The number of methoxy groups -OCH3 is 1. The molecule has 1 aliphatic carbocycles. The predicted octanol–water partition coefficient (Wildman–Crippen LogP) is 6.00. The van der Waals surface area contributed by atoms with Crippen LogP contribution in [0.25, 0.3) is 22.2 Å². The first-order valence-electron chi connectivity index (χ1n) is 10.8. The number of ether oxygens (including phenoxy) is 3. The smallest absolute Gasteiger partial charge is 0.224 e. The lowest BCUT2D eigenvalue weighted by Gasteiger charge is -2.27. The summed E-state index contributed by atoms with van der Waals surface area (Å²) >= 11 is 6.23. The molecule has 3 heterocycles. The summed E-state index contributed by atoms with van der Waals surface area (Å²) in [6.07, 6.45) is 7.37. The Hall–Kier alpha value is -2.09. The van der Waals surface area contributed by atoms with Crippen molar-refractivity contribution in [2.24, 2.45) is 0 Å². The van der Waals surface area contributed by atoms with E-state index in [0.29, 0.717) is 17.8 Å². The minimum atomic E-state index is -1.15. The number of nitrogens with zero attached hydrogens (tertiary/aromatic N) is 3. The fourth-order valence-electron chi connectivity index (χ4n) is 3.57. The molecule has 0 spiro atoms. The maximum absolute atomic E-state index is 6.29. The molecule has 6 nitrogen and oxygen atoms in total. The number of hydrogen-bond acceptors (Lipinski definition) is 5. The van der Waals surface area contributed by atoms with Gasteiger partial charge < -0.3 is 18.8 Å². The highest BCUT2D eigenvalue weighted by atomic mass is 35.5. The summed E-state index contributed by atoms with van der Waals surface area (Å²) < 4.78 is 19.9. The molecule has 3 aromatic heterocycles. The zero-order valence-corrected chi connectivity index (χ0v) is 20.4. The molecule has 0 saturated heterocycles. The van der Waals surface area contributed by atoms with Crippen molar-refractivity contribution in [3.63, 3.8) is 0 Å². The first kappa shape index (κ1) is 22.1. The molecule has 0 atom stereocenters. The van der Waals surface area contributed by atoms with E-state index >= 15 is 0 Å². The summed E-state index contributed by atoms with van der Waals surface area (Å²) in [6, 6.07) is 6.81. The van der Waals surface area contributed by atoms with Crippen molar-refractivity contribution in [3.05, 3.63) is 35.7 Å². The van der Waals surface area contributed by atoms with Crippen LogP contribution in [0.2, 0.25) is 30.8 Å². The van der Waals surface area contributed by atoms with Crippen LogP contribution in [0.1, 0.15) is 19.3 Å². The maximum Gasteiger partial charge on any atom is 0.224 e. The number of fused-ring (bicyclic) bond motifs is 1. The molecule has 0 unspecified atom stereocenters. The van der Waals surface area contributed by atoms with Crippen molar-refractivity contribution in [3.8, 4) is 22.8 Å². The number of hydrogen-bond donors (Lipinski definition) is 0. The molecule has 0 aromatic carbocycles. The van der Waals surface area contributed by atoms with Crippen LogP contribution in [0.4, 0.5) is 0 Å². The van der Waals surface area contributed by atoms with Crippen LogP contribution in [-0.4, -0.2) is 42.4 Å². The Bertz CT molecular complexity index is 1060. The van der Waals surface area contributed by atoms with Gasteiger partial charge >= 0.3 is 0 Å². The van der Waals surface area contributed by atoms with Gasteiger partial charge in [0.1, 0.15) is 23.3 Å². The Morgan fingerprint density at radius 2 is 2.00 bits per heavy atom. The van der Waals surface area contributed by atoms with Crippen LogP contribution in [0, 0.1) is 0 Å². The van der Waals surface area contributed by atoms with Crippen molar-refractivity contribution < 1.29 is 14.2 Å². The third kappa shape index (κ3) is 5.05. The fourth-order valence-corrected chi connectivity index (χ4v) is 4.47. The number of aromatic nitrogens is 3. The minimum Gasteiger partial charge on any atom is -0.490 e. The first-order valence-corrected chi connectivity index (χ1v) is 14.9. The van der Waals surface area contributed by atoms with Crippen LogP contribution in [0.15, 0.2) is 30.6 Å². The number of pyridine rings is 2. The van der Waals surface area contributed by atoms with Crippen LogP contribution in [0.3, 0.4) is 0 Å². The van der Waals surface area contributed by atoms with Crippen LogP contribution < -0.4 is 9.47 Å². The third-order valence-corrected chi connectivity index (χ3v) is 7.52. The Morgan fingerprint density at radius 1 is 1.19 bits per heavy atom. The van der Waals surface area contributed by atoms with Gasteiger partial charge in [-0.2, -0.15) is 0 Å². The Labute approximate surface area is 189 Å². The molecular weight excluding hydrogens is 430 g/mol. The summed E-state index contributed by atoms with van der Waals surface area (Å²) in [5, 5.41) is 1.41. The van der Waals surface area contributed by atoms with E-state index in [9.17, 15) is 0 Å². The molecule has 0 radical (unpaired) electrons. The highest BCUT2D eigenvalue weighted by Gasteiger charge is 2.25.